The van der Waals surface area contributed by atoms with E-state index < -0.39 is 0 Å². The third-order valence-corrected chi connectivity index (χ3v) is 3.05. The summed E-state index contributed by atoms with van der Waals surface area (Å²) in [4.78, 5) is 0. The fraction of sp³-hybridized carbons (Fsp3) is 0.273. The molecule has 1 nitrogen and oxygen atoms in total. The van der Waals surface area contributed by atoms with Crippen molar-refractivity contribution < 1.29 is 0 Å². The quantitative estimate of drug-likeness (QED) is 0.572. The number of allylic oxidation sites excluding steroid dienone is 1. The van der Waals surface area contributed by atoms with E-state index >= 15 is 0 Å². The molecule has 0 amide bonds. The molecule has 2 N–H and O–H groups in total. The van der Waals surface area contributed by atoms with Gasteiger partial charge in [0.05, 0.1) is 5.54 Å². The minimum Gasteiger partial charge on any atom is -0.318 e. The summed E-state index contributed by atoms with van der Waals surface area (Å²) in [5.74, 6) is 0.589. The minimum atomic E-state index is -0.138. The predicted molar refractivity (Wildman–Crippen MR) is 48.8 cm³/mol. The number of benzene rings is 1. The summed E-state index contributed by atoms with van der Waals surface area (Å²) >= 11 is 0. The van der Waals surface area contributed by atoms with Crippen LogP contribution in [-0.4, -0.2) is 0 Å². The average molecular weight is 157 g/mol. The average Bonchev–Trinajstić information content (AvgIpc) is 2.60. The van der Waals surface area contributed by atoms with E-state index in [4.69, 9.17) is 5.73 Å². The van der Waals surface area contributed by atoms with Crippen LogP contribution in [0.2, 0.25) is 0 Å². The first-order chi connectivity index (χ1) is 5.80. The van der Waals surface area contributed by atoms with Crippen molar-refractivity contribution in [3.63, 3.8) is 0 Å². The molecular weight excluding hydrogens is 146 g/mol. The van der Waals surface area contributed by atoms with Gasteiger partial charge in [0.15, 0.2) is 0 Å². The second-order valence-electron chi connectivity index (χ2n) is 3.80. The number of fused-ring (bicyclic) bond motifs is 5. The molecule has 1 aromatic carbocycles. The largest absolute Gasteiger partial charge is 0.318 e. The number of hydrogen-bond acceptors (Lipinski definition) is 1. The molecule has 2 unspecified atom stereocenters. The molecule has 0 saturated heterocycles. The van der Waals surface area contributed by atoms with Gasteiger partial charge in [-0.25, -0.2) is 0 Å². The number of nitrogens with two attached hydrogens (primary N) is 1. The van der Waals surface area contributed by atoms with Crippen molar-refractivity contribution in [2.45, 2.75) is 17.9 Å². The molecule has 1 aromatic rings. The highest BCUT2D eigenvalue weighted by Gasteiger charge is 2.41. The van der Waals surface area contributed by atoms with Gasteiger partial charge in [-0.15, -0.1) is 0 Å². The van der Waals surface area contributed by atoms with E-state index in [1.807, 2.05) is 0 Å². The zero-order chi connectivity index (χ0) is 8.18. The highest BCUT2D eigenvalue weighted by atomic mass is 14.8. The third kappa shape index (κ3) is 0.585. The fourth-order valence-corrected chi connectivity index (χ4v) is 2.45. The van der Waals surface area contributed by atoms with Crippen LogP contribution in [0.1, 0.15) is 23.5 Å². The number of hydrogen-bond donors (Lipinski definition) is 1. The summed E-state index contributed by atoms with van der Waals surface area (Å²) in [6, 6.07) is 8.51. The number of rotatable bonds is 0. The Morgan fingerprint density at radius 2 is 2.17 bits per heavy atom. The van der Waals surface area contributed by atoms with Gasteiger partial charge >= 0.3 is 0 Å². The fourth-order valence-electron chi connectivity index (χ4n) is 2.45. The molecule has 0 spiro atoms. The lowest BCUT2D eigenvalue weighted by atomic mass is 9.92. The van der Waals surface area contributed by atoms with E-state index in [0.717, 1.165) is 6.42 Å². The summed E-state index contributed by atoms with van der Waals surface area (Å²) in [5, 5.41) is 0. The summed E-state index contributed by atoms with van der Waals surface area (Å²) < 4.78 is 0. The summed E-state index contributed by atoms with van der Waals surface area (Å²) in [6.45, 7) is 0. The standard InChI is InChI=1S/C11H11N/c12-11-6-5-8(7-11)9-3-1-2-4-10(9)11/h1-6,8H,7,12H2. The maximum Gasteiger partial charge on any atom is 0.0607 e. The maximum absolute atomic E-state index is 6.22. The Bertz CT molecular complexity index is 367. The second-order valence-corrected chi connectivity index (χ2v) is 3.80. The van der Waals surface area contributed by atoms with Gasteiger partial charge in [0.2, 0.25) is 0 Å². The first-order valence-corrected chi connectivity index (χ1v) is 4.37. The molecule has 12 heavy (non-hydrogen) atoms. The van der Waals surface area contributed by atoms with Gasteiger partial charge in [-0.3, -0.25) is 0 Å². The molecule has 60 valence electrons. The zero-order valence-electron chi connectivity index (χ0n) is 6.83. The van der Waals surface area contributed by atoms with Crippen LogP contribution in [0.4, 0.5) is 0 Å². The Hall–Kier alpha value is -1.08. The molecule has 0 aliphatic heterocycles. The third-order valence-electron chi connectivity index (χ3n) is 3.05. The maximum atomic E-state index is 6.22. The van der Waals surface area contributed by atoms with Crippen molar-refractivity contribution in [1.82, 2.24) is 0 Å². The van der Waals surface area contributed by atoms with E-state index in [9.17, 15) is 0 Å². The smallest absolute Gasteiger partial charge is 0.0607 e. The Labute approximate surface area is 71.9 Å². The van der Waals surface area contributed by atoms with Gasteiger partial charge in [-0.2, -0.15) is 0 Å². The van der Waals surface area contributed by atoms with Crippen LogP contribution in [-0.2, 0) is 5.54 Å². The normalized spacial score (nSPS) is 35.6. The lowest BCUT2D eigenvalue weighted by Gasteiger charge is -2.19. The second kappa shape index (κ2) is 1.80. The minimum absolute atomic E-state index is 0.138. The Morgan fingerprint density at radius 1 is 1.33 bits per heavy atom. The molecule has 1 heteroatoms. The van der Waals surface area contributed by atoms with Gasteiger partial charge in [0.25, 0.3) is 0 Å². The molecule has 0 fully saturated rings. The molecule has 2 aliphatic rings. The molecule has 0 saturated carbocycles. The van der Waals surface area contributed by atoms with E-state index in [1.54, 1.807) is 0 Å². The van der Waals surface area contributed by atoms with Crippen LogP contribution in [0.3, 0.4) is 0 Å². The van der Waals surface area contributed by atoms with E-state index in [0.29, 0.717) is 5.92 Å². The lowest BCUT2D eigenvalue weighted by Crippen LogP contribution is -2.29. The van der Waals surface area contributed by atoms with E-state index in [2.05, 4.69) is 36.4 Å². The molecule has 2 aliphatic carbocycles. The van der Waals surface area contributed by atoms with Crippen LogP contribution >= 0.6 is 0 Å². The molecule has 3 rings (SSSR count). The first kappa shape index (κ1) is 6.44. The van der Waals surface area contributed by atoms with Crippen molar-refractivity contribution in [1.29, 1.82) is 0 Å². The predicted octanol–water partition coefficient (Wildman–Crippen LogP) is 1.90. The molecule has 0 radical (unpaired) electrons. The SMILES string of the molecule is NC12C=CC(C1)c1ccccc12. The van der Waals surface area contributed by atoms with Crippen molar-refractivity contribution >= 4 is 0 Å². The molecule has 0 heterocycles. The summed E-state index contributed by atoms with van der Waals surface area (Å²) in [5.41, 5.74) is 8.85. The summed E-state index contributed by atoms with van der Waals surface area (Å²) in [6.07, 6.45) is 5.47. The Morgan fingerprint density at radius 3 is 3.00 bits per heavy atom. The Kier molecular flexibility index (Phi) is 0.968. The molecule has 0 aromatic heterocycles. The monoisotopic (exact) mass is 157 g/mol. The van der Waals surface area contributed by atoms with E-state index in [-0.39, 0.29) is 5.54 Å². The molecule has 2 bridgehead atoms. The lowest BCUT2D eigenvalue weighted by molar-refractivity contribution is 0.570. The topological polar surface area (TPSA) is 26.0 Å². The highest BCUT2D eigenvalue weighted by molar-refractivity contribution is 5.50. The summed E-state index contributed by atoms with van der Waals surface area (Å²) in [7, 11) is 0. The van der Waals surface area contributed by atoms with Crippen molar-refractivity contribution in [3.05, 3.63) is 47.5 Å². The van der Waals surface area contributed by atoms with Gasteiger partial charge in [0.1, 0.15) is 0 Å². The molecule has 2 atom stereocenters. The van der Waals surface area contributed by atoms with Crippen LogP contribution < -0.4 is 5.73 Å². The van der Waals surface area contributed by atoms with Crippen molar-refractivity contribution in [2.24, 2.45) is 5.73 Å². The van der Waals surface area contributed by atoms with Gasteiger partial charge < -0.3 is 5.73 Å². The van der Waals surface area contributed by atoms with Crippen LogP contribution in [0.15, 0.2) is 36.4 Å². The van der Waals surface area contributed by atoms with Gasteiger partial charge in [-0.05, 0) is 17.5 Å². The highest BCUT2D eigenvalue weighted by Crippen LogP contribution is 2.49. The van der Waals surface area contributed by atoms with Crippen LogP contribution in [0, 0.1) is 0 Å². The van der Waals surface area contributed by atoms with Gasteiger partial charge in [0, 0.05) is 5.92 Å². The molecular formula is C11H11N. The van der Waals surface area contributed by atoms with Crippen LogP contribution in [0.5, 0.6) is 0 Å². The van der Waals surface area contributed by atoms with Crippen molar-refractivity contribution in [3.8, 4) is 0 Å². The van der Waals surface area contributed by atoms with Gasteiger partial charge in [-0.1, -0.05) is 36.4 Å². The van der Waals surface area contributed by atoms with E-state index in [1.165, 1.54) is 11.1 Å². The Balaban J connectivity index is 2.31. The van der Waals surface area contributed by atoms with Crippen molar-refractivity contribution in [2.75, 3.05) is 0 Å². The first-order valence-electron chi connectivity index (χ1n) is 4.37. The zero-order valence-corrected chi connectivity index (χ0v) is 6.83. The van der Waals surface area contributed by atoms with Crippen LogP contribution in [0.25, 0.3) is 0 Å².